The van der Waals surface area contributed by atoms with E-state index in [0.717, 1.165) is 11.1 Å². The molecule has 6 heteroatoms. The smallest absolute Gasteiger partial charge is 0.244 e. The molecule has 0 bridgehead atoms. The van der Waals surface area contributed by atoms with Crippen LogP contribution in [0.25, 0.3) is 6.08 Å². The molecular weight excluding hydrogens is 396 g/mol. The zero-order valence-electron chi connectivity index (χ0n) is 16.9. The van der Waals surface area contributed by atoms with E-state index in [9.17, 15) is 13.2 Å². The van der Waals surface area contributed by atoms with Gasteiger partial charge in [-0.05, 0) is 54.3 Å². The first-order chi connectivity index (χ1) is 14.4. The summed E-state index contributed by atoms with van der Waals surface area (Å²) in [6, 6.07) is 18.2. The lowest BCUT2D eigenvalue weighted by Crippen LogP contribution is -2.31. The highest BCUT2D eigenvalue weighted by Gasteiger charge is 2.31. The lowest BCUT2D eigenvalue weighted by Gasteiger charge is -2.20. The van der Waals surface area contributed by atoms with Gasteiger partial charge in [-0.1, -0.05) is 48.5 Å². The molecule has 154 valence electrons. The Morgan fingerprint density at radius 2 is 1.83 bits per heavy atom. The maximum absolute atomic E-state index is 13.5. The van der Waals surface area contributed by atoms with Gasteiger partial charge >= 0.3 is 0 Å². The molecule has 2 aromatic carbocycles. The van der Waals surface area contributed by atoms with E-state index in [2.05, 4.69) is 10.3 Å². The summed E-state index contributed by atoms with van der Waals surface area (Å²) in [5.74, 6) is -0.357. The summed E-state index contributed by atoms with van der Waals surface area (Å²) in [5, 5.41) is 1.79. The van der Waals surface area contributed by atoms with E-state index in [0.29, 0.717) is 11.1 Å². The number of aromatic nitrogens is 1. The van der Waals surface area contributed by atoms with Gasteiger partial charge in [0.2, 0.25) is 5.91 Å². The van der Waals surface area contributed by atoms with Crippen molar-refractivity contribution in [3.05, 3.63) is 101 Å². The van der Waals surface area contributed by atoms with Crippen LogP contribution in [0.2, 0.25) is 0 Å². The average Bonchev–Trinajstić information content (AvgIpc) is 2.75. The molecule has 1 amide bonds. The van der Waals surface area contributed by atoms with Gasteiger partial charge in [-0.25, -0.2) is 8.42 Å². The number of amides is 1. The number of sulfone groups is 1. The number of aryl methyl sites for hydroxylation is 2. The Balaban J connectivity index is 1.86. The van der Waals surface area contributed by atoms with Gasteiger partial charge in [-0.15, -0.1) is 0 Å². The Hall–Kier alpha value is -3.25. The van der Waals surface area contributed by atoms with Crippen molar-refractivity contribution in [2.45, 2.75) is 24.0 Å². The number of nitrogens with zero attached hydrogens (tertiary/aromatic N) is 1. The summed E-state index contributed by atoms with van der Waals surface area (Å²) in [5.41, 5.74) is 2.95. The predicted molar refractivity (Wildman–Crippen MR) is 119 cm³/mol. The lowest BCUT2D eigenvalue weighted by atomic mass is 10.2. The minimum Gasteiger partial charge on any atom is -0.351 e. The highest BCUT2D eigenvalue weighted by atomic mass is 32.2. The number of hydrogen-bond donors (Lipinski definition) is 1. The van der Waals surface area contributed by atoms with Gasteiger partial charge < -0.3 is 5.32 Å². The van der Waals surface area contributed by atoms with E-state index >= 15 is 0 Å². The van der Waals surface area contributed by atoms with Crippen molar-refractivity contribution in [1.29, 1.82) is 0 Å². The van der Waals surface area contributed by atoms with Crippen LogP contribution in [0.3, 0.4) is 0 Å². The largest absolute Gasteiger partial charge is 0.351 e. The van der Waals surface area contributed by atoms with Gasteiger partial charge in [0, 0.05) is 25.0 Å². The van der Waals surface area contributed by atoms with Crippen LogP contribution in [0, 0.1) is 13.8 Å². The lowest BCUT2D eigenvalue weighted by molar-refractivity contribution is -0.116. The standard InChI is InChI=1S/C24H24N2O3S/c1-18-10-11-19(2)22(15-18)30(28,29)23(21-9-6-14-25-16-21)17-26-24(27)13-12-20-7-4-3-5-8-20/h3-16,23H,17H2,1-2H3,(H,26,27)/b13-12+/t23-/m0/s1. The third kappa shape index (κ3) is 5.21. The second kappa shape index (κ2) is 9.50. The molecule has 1 aromatic heterocycles. The number of hydrogen-bond acceptors (Lipinski definition) is 4. The first kappa shape index (κ1) is 21.5. The van der Waals surface area contributed by atoms with Crippen molar-refractivity contribution < 1.29 is 13.2 Å². The van der Waals surface area contributed by atoms with E-state index in [4.69, 9.17) is 0 Å². The number of pyridine rings is 1. The number of nitrogens with one attached hydrogen (secondary N) is 1. The highest BCUT2D eigenvalue weighted by Crippen LogP contribution is 2.30. The number of carbonyl (C=O) groups is 1. The molecule has 0 fully saturated rings. The zero-order valence-corrected chi connectivity index (χ0v) is 17.8. The van der Waals surface area contributed by atoms with Gasteiger partial charge in [0.05, 0.1) is 4.90 Å². The van der Waals surface area contributed by atoms with Crippen LogP contribution >= 0.6 is 0 Å². The number of benzene rings is 2. The molecule has 0 unspecified atom stereocenters. The monoisotopic (exact) mass is 420 g/mol. The van der Waals surface area contributed by atoms with Gasteiger partial charge in [-0.3, -0.25) is 9.78 Å². The van der Waals surface area contributed by atoms with E-state index in [1.54, 1.807) is 43.5 Å². The fourth-order valence-electron chi connectivity index (χ4n) is 3.13. The van der Waals surface area contributed by atoms with Crippen molar-refractivity contribution in [2.24, 2.45) is 0 Å². The van der Waals surface area contributed by atoms with Crippen LogP contribution in [0.1, 0.15) is 27.5 Å². The fourth-order valence-corrected chi connectivity index (χ4v) is 5.10. The Kier molecular flexibility index (Phi) is 6.79. The molecule has 1 N–H and O–H groups in total. The van der Waals surface area contributed by atoms with Gasteiger partial charge in [0.1, 0.15) is 5.25 Å². The van der Waals surface area contributed by atoms with Gasteiger partial charge in [0.15, 0.2) is 9.84 Å². The Morgan fingerprint density at radius 1 is 1.07 bits per heavy atom. The molecule has 0 aliphatic rings. The third-order valence-corrected chi connectivity index (χ3v) is 7.01. The van der Waals surface area contributed by atoms with Crippen LogP contribution in [0.15, 0.2) is 84.0 Å². The van der Waals surface area contributed by atoms with Crippen LogP contribution in [0.4, 0.5) is 0 Å². The van der Waals surface area contributed by atoms with E-state index in [1.807, 2.05) is 43.3 Å². The molecule has 5 nitrogen and oxygen atoms in total. The van der Waals surface area contributed by atoms with E-state index < -0.39 is 15.1 Å². The van der Waals surface area contributed by atoms with Crippen LogP contribution < -0.4 is 5.32 Å². The summed E-state index contributed by atoms with van der Waals surface area (Å²) in [7, 11) is -3.75. The topological polar surface area (TPSA) is 76.1 Å². The molecule has 0 saturated heterocycles. The third-order valence-electron chi connectivity index (χ3n) is 4.77. The normalized spacial score (nSPS) is 12.6. The summed E-state index contributed by atoms with van der Waals surface area (Å²) < 4.78 is 27.0. The fraction of sp³-hybridized carbons (Fsp3) is 0.167. The molecule has 1 heterocycles. The van der Waals surface area contributed by atoms with E-state index in [-0.39, 0.29) is 17.3 Å². The molecule has 0 saturated carbocycles. The van der Waals surface area contributed by atoms with Crippen molar-refractivity contribution in [1.82, 2.24) is 10.3 Å². The summed E-state index contributed by atoms with van der Waals surface area (Å²) >= 11 is 0. The second-order valence-corrected chi connectivity index (χ2v) is 9.18. The molecule has 0 aliphatic heterocycles. The Morgan fingerprint density at radius 3 is 2.53 bits per heavy atom. The molecule has 1 atom stereocenters. The van der Waals surface area contributed by atoms with Crippen LogP contribution in [0.5, 0.6) is 0 Å². The predicted octanol–water partition coefficient (Wildman–Crippen LogP) is 4.04. The number of carbonyl (C=O) groups excluding carboxylic acids is 1. The van der Waals surface area contributed by atoms with Crippen LogP contribution in [-0.4, -0.2) is 25.9 Å². The summed E-state index contributed by atoms with van der Waals surface area (Å²) in [6.45, 7) is 3.57. The van der Waals surface area contributed by atoms with Gasteiger partial charge in [0.25, 0.3) is 0 Å². The molecule has 3 rings (SSSR count). The first-order valence-corrected chi connectivity index (χ1v) is 11.1. The van der Waals surface area contributed by atoms with Gasteiger partial charge in [-0.2, -0.15) is 0 Å². The van der Waals surface area contributed by atoms with Crippen molar-refractivity contribution in [3.8, 4) is 0 Å². The first-order valence-electron chi connectivity index (χ1n) is 9.60. The molecular formula is C24H24N2O3S. The minimum absolute atomic E-state index is 0.0562. The van der Waals surface area contributed by atoms with Crippen LogP contribution in [-0.2, 0) is 14.6 Å². The Bertz CT molecular complexity index is 1140. The zero-order chi connectivity index (χ0) is 21.6. The highest BCUT2D eigenvalue weighted by molar-refractivity contribution is 7.91. The van der Waals surface area contributed by atoms with Crippen molar-refractivity contribution in [3.63, 3.8) is 0 Å². The van der Waals surface area contributed by atoms with E-state index in [1.165, 1.54) is 12.3 Å². The SMILES string of the molecule is Cc1ccc(C)c(S(=O)(=O)[C@@H](CNC(=O)/C=C/c2ccccc2)c2cccnc2)c1. The molecule has 3 aromatic rings. The maximum atomic E-state index is 13.5. The van der Waals surface area contributed by atoms with Crippen molar-refractivity contribution >= 4 is 21.8 Å². The molecule has 0 spiro atoms. The summed E-state index contributed by atoms with van der Waals surface area (Å²) in [4.78, 5) is 16.7. The van der Waals surface area contributed by atoms with Crippen molar-refractivity contribution in [2.75, 3.05) is 6.54 Å². The summed E-state index contributed by atoms with van der Waals surface area (Å²) in [6.07, 6.45) is 6.21. The average molecular weight is 421 g/mol. The number of rotatable bonds is 7. The minimum atomic E-state index is -3.75. The second-order valence-electron chi connectivity index (χ2n) is 7.08. The molecule has 30 heavy (non-hydrogen) atoms. The maximum Gasteiger partial charge on any atom is 0.244 e. The molecule has 0 aliphatic carbocycles. The molecule has 0 radical (unpaired) electrons. The quantitative estimate of drug-likeness (QED) is 0.585. The Labute approximate surface area is 177 Å².